The highest BCUT2D eigenvalue weighted by Crippen LogP contribution is 2.28. The molecule has 1 fully saturated rings. The van der Waals surface area contributed by atoms with Crippen molar-refractivity contribution in [1.29, 1.82) is 0 Å². The van der Waals surface area contributed by atoms with Gasteiger partial charge in [0.15, 0.2) is 0 Å². The van der Waals surface area contributed by atoms with Crippen molar-refractivity contribution in [3.8, 4) is 0 Å². The molecule has 0 aromatic heterocycles. The Morgan fingerprint density at radius 1 is 1.35 bits per heavy atom. The van der Waals surface area contributed by atoms with Crippen LogP contribution >= 0.6 is 0 Å². The van der Waals surface area contributed by atoms with Crippen molar-refractivity contribution in [3.63, 3.8) is 0 Å². The fourth-order valence-electron chi connectivity index (χ4n) is 1.88. The Kier molecular flexibility index (Phi) is 5.00. The zero-order valence-electron chi connectivity index (χ0n) is 11.3. The summed E-state index contributed by atoms with van der Waals surface area (Å²) in [6, 6.07) is 0. The molecule has 1 saturated heterocycles. The number of ether oxygens (including phenoxy) is 2. The van der Waals surface area contributed by atoms with Crippen LogP contribution in [0.2, 0.25) is 0 Å². The number of hydrogen-bond acceptors (Lipinski definition) is 4. The highest BCUT2D eigenvalue weighted by Gasteiger charge is 2.25. The summed E-state index contributed by atoms with van der Waals surface area (Å²) in [4.78, 5) is 13.8. The van der Waals surface area contributed by atoms with Gasteiger partial charge in [0.2, 0.25) is 0 Å². The Morgan fingerprint density at radius 2 is 1.94 bits per heavy atom. The van der Waals surface area contributed by atoms with E-state index in [4.69, 9.17) is 9.47 Å². The SMILES string of the molecule is CCOC(=O)C=C(N1CCOCC1)C(C)(C)C. The number of esters is 1. The van der Waals surface area contributed by atoms with E-state index in [-0.39, 0.29) is 11.4 Å². The Morgan fingerprint density at radius 3 is 2.41 bits per heavy atom. The van der Waals surface area contributed by atoms with Gasteiger partial charge in [0.05, 0.1) is 19.8 Å². The summed E-state index contributed by atoms with van der Waals surface area (Å²) in [7, 11) is 0. The second-order valence-corrected chi connectivity index (χ2v) is 5.13. The molecule has 0 aromatic rings. The van der Waals surface area contributed by atoms with Crippen LogP contribution in [-0.2, 0) is 14.3 Å². The summed E-state index contributed by atoms with van der Waals surface area (Å²) in [5, 5.41) is 0. The molecule has 0 aromatic carbocycles. The first-order chi connectivity index (χ1) is 7.95. The molecule has 0 amide bonds. The molecule has 98 valence electrons. The molecule has 1 heterocycles. The third-order valence-corrected chi connectivity index (χ3v) is 2.66. The first-order valence-corrected chi connectivity index (χ1v) is 6.16. The van der Waals surface area contributed by atoms with Gasteiger partial charge in [-0.3, -0.25) is 0 Å². The fourth-order valence-corrected chi connectivity index (χ4v) is 1.88. The maximum Gasteiger partial charge on any atom is 0.332 e. The molecule has 0 atom stereocenters. The topological polar surface area (TPSA) is 38.8 Å². The van der Waals surface area contributed by atoms with Crippen LogP contribution in [0.1, 0.15) is 27.7 Å². The van der Waals surface area contributed by atoms with Gasteiger partial charge in [-0.1, -0.05) is 20.8 Å². The summed E-state index contributed by atoms with van der Waals surface area (Å²) in [5.41, 5.74) is 0.962. The molecule has 0 radical (unpaired) electrons. The summed E-state index contributed by atoms with van der Waals surface area (Å²) in [5.74, 6) is -0.260. The van der Waals surface area contributed by atoms with E-state index in [1.54, 1.807) is 6.08 Å². The minimum atomic E-state index is -0.260. The first-order valence-electron chi connectivity index (χ1n) is 6.16. The molecule has 0 N–H and O–H groups in total. The molecule has 0 unspecified atom stereocenters. The second-order valence-electron chi connectivity index (χ2n) is 5.13. The maximum atomic E-state index is 11.6. The van der Waals surface area contributed by atoms with Crippen molar-refractivity contribution in [2.75, 3.05) is 32.9 Å². The van der Waals surface area contributed by atoms with Gasteiger partial charge in [-0.25, -0.2) is 4.79 Å². The molecule has 1 aliphatic rings. The van der Waals surface area contributed by atoms with Crippen molar-refractivity contribution in [2.24, 2.45) is 5.41 Å². The first kappa shape index (κ1) is 14.0. The number of nitrogens with zero attached hydrogens (tertiary/aromatic N) is 1. The Balaban J connectivity index is 2.83. The highest BCUT2D eigenvalue weighted by molar-refractivity contribution is 5.82. The molecule has 4 heteroatoms. The summed E-state index contributed by atoms with van der Waals surface area (Å²) in [6.07, 6.45) is 1.62. The maximum absolute atomic E-state index is 11.6. The Labute approximate surface area is 104 Å². The van der Waals surface area contributed by atoms with Gasteiger partial charge >= 0.3 is 5.97 Å². The highest BCUT2D eigenvalue weighted by atomic mass is 16.5. The van der Waals surface area contributed by atoms with Crippen LogP contribution in [0.15, 0.2) is 11.8 Å². The van der Waals surface area contributed by atoms with Gasteiger partial charge in [-0.2, -0.15) is 0 Å². The average molecular weight is 241 g/mol. The summed E-state index contributed by atoms with van der Waals surface area (Å²) < 4.78 is 10.3. The van der Waals surface area contributed by atoms with E-state index in [0.717, 1.165) is 32.0 Å². The van der Waals surface area contributed by atoms with E-state index in [2.05, 4.69) is 25.7 Å². The van der Waals surface area contributed by atoms with Crippen LogP contribution in [0.5, 0.6) is 0 Å². The van der Waals surface area contributed by atoms with E-state index in [9.17, 15) is 4.79 Å². The third kappa shape index (κ3) is 4.38. The van der Waals surface area contributed by atoms with Crippen LogP contribution in [0.4, 0.5) is 0 Å². The van der Waals surface area contributed by atoms with Crippen LogP contribution in [0.25, 0.3) is 0 Å². The van der Waals surface area contributed by atoms with Crippen LogP contribution < -0.4 is 0 Å². The lowest BCUT2D eigenvalue weighted by atomic mass is 9.90. The van der Waals surface area contributed by atoms with Gasteiger partial charge in [-0.15, -0.1) is 0 Å². The van der Waals surface area contributed by atoms with Crippen LogP contribution in [0.3, 0.4) is 0 Å². The number of hydrogen-bond donors (Lipinski definition) is 0. The molecular weight excluding hydrogens is 218 g/mol. The molecule has 0 aliphatic carbocycles. The molecule has 0 spiro atoms. The van der Waals surface area contributed by atoms with E-state index < -0.39 is 0 Å². The Bertz CT molecular complexity index is 286. The van der Waals surface area contributed by atoms with E-state index in [0.29, 0.717) is 6.61 Å². The Hall–Kier alpha value is -1.03. The second kappa shape index (κ2) is 6.05. The van der Waals surface area contributed by atoms with Crippen molar-refractivity contribution >= 4 is 5.97 Å². The van der Waals surface area contributed by atoms with Crippen molar-refractivity contribution in [3.05, 3.63) is 11.8 Å². The zero-order chi connectivity index (χ0) is 12.9. The van der Waals surface area contributed by atoms with Gasteiger partial charge < -0.3 is 14.4 Å². The normalized spacial score (nSPS) is 18.1. The molecule has 17 heavy (non-hydrogen) atoms. The molecule has 0 bridgehead atoms. The van der Waals surface area contributed by atoms with E-state index >= 15 is 0 Å². The lowest BCUT2D eigenvalue weighted by Crippen LogP contribution is -2.39. The number of carbonyl (C=O) groups excluding carboxylic acids is 1. The largest absolute Gasteiger partial charge is 0.463 e. The predicted octanol–water partition coefficient (Wildman–Crippen LogP) is 1.81. The molecule has 1 aliphatic heterocycles. The zero-order valence-corrected chi connectivity index (χ0v) is 11.3. The standard InChI is InChI=1S/C13H23NO3/c1-5-17-12(15)10-11(13(2,3)4)14-6-8-16-9-7-14/h10H,5-9H2,1-4H3. The summed E-state index contributed by atoms with van der Waals surface area (Å²) >= 11 is 0. The average Bonchev–Trinajstić information content (AvgIpc) is 2.26. The van der Waals surface area contributed by atoms with Crippen LogP contribution in [0, 0.1) is 5.41 Å². The number of rotatable bonds is 3. The van der Waals surface area contributed by atoms with Gasteiger partial charge in [-0.05, 0) is 6.92 Å². The minimum Gasteiger partial charge on any atom is -0.463 e. The molecule has 1 rings (SSSR count). The minimum absolute atomic E-state index is 0.0654. The molecule has 0 saturated carbocycles. The number of carbonyl (C=O) groups is 1. The molecular formula is C13H23NO3. The van der Waals surface area contributed by atoms with E-state index in [1.807, 2.05) is 6.92 Å². The number of morpholine rings is 1. The van der Waals surface area contributed by atoms with Crippen molar-refractivity contribution in [1.82, 2.24) is 4.90 Å². The smallest absolute Gasteiger partial charge is 0.332 e. The van der Waals surface area contributed by atoms with E-state index in [1.165, 1.54) is 0 Å². The number of allylic oxidation sites excluding steroid dienone is 1. The van der Waals surface area contributed by atoms with Gasteiger partial charge in [0, 0.05) is 30.3 Å². The molecule has 4 nitrogen and oxygen atoms in total. The predicted molar refractivity (Wildman–Crippen MR) is 66.6 cm³/mol. The third-order valence-electron chi connectivity index (χ3n) is 2.66. The summed E-state index contributed by atoms with van der Waals surface area (Å²) in [6.45, 7) is 11.7. The lowest BCUT2D eigenvalue weighted by Gasteiger charge is -2.37. The lowest BCUT2D eigenvalue weighted by molar-refractivity contribution is -0.137. The quantitative estimate of drug-likeness (QED) is 0.558. The van der Waals surface area contributed by atoms with Crippen LogP contribution in [-0.4, -0.2) is 43.8 Å². The van der Waals surface area contributed by atoms with Gasteiger partial charge in [0.1, 0.15) is 0 Å². The van der Waals surface area contributed by atoms with Crippen molar-refractivity contribution in [2.45, 2.75) is 27.7 Å². The van der Waals surface area contributed by atoms with Gasteiger partial charge in [0.25, 0.3) is 0 Å². The fraction of sp³-hybridized carbons (Fsp3) is 0.769. The van der Waals surface area contributed by atoms with Crippen molar-refractivity contribution < 1.29 is 14.3 Å². The monoisotopic (exact) mass is 241 g/mol.